The topological polar surface area (TPSA) is 71.8 Å². The number of fused-ring (bicyclic) bond motifs is 1. The van der Waals surface area contributed by atoms with Crippen LogP contribution in [-0.2, 0) is 6.54 Å². The summed E-state index contributed by atoms with van der Waals surface area (Å²) >= 11 is 0. The summed E-state index contributed by atoms with van der Waals surface area (Å²) in [6.07, 6.45) is 3.89. The SMILES string of the molecule is CCn1ncc2c(C(=O)NCC3(C)CCNCC3)cc(-c3ccccc3)nc21.Cl.Cl. The van der Waals surface area contributed by atoms with Crippen molar-refractivity contribution in [2.45, 2.75) is 33.2 Å². The molecule has 0 bridgehead atoms. The van der Waals surface area contributed by atoms with Crippen LogP contribution in [0.3, 0.4) is 0 Å². The molecular formula is C22H29Cl2N5O. The van der Waals surface area contributed by atoms with Crippen molar-refractivity contribution in [2.24, 2.45) is 5.41 Å². The van der Waals surface area contributed by atoms with Gasteiger partial charge in [-0.05, 0) is 44.3 Å². The monoisotopic (exact) mass is 449 g/mol. The minimum atomic E-state index is -0.0556. The highest BCUT2D eigenvalue weighted by molar-refractivity contribution is 6.06. The molecule has 0 saturated carbocycles. The Hall–Kier alpha value is -2.15. The number of rotatable bonds is 5. The number of halogens is 2. The first-order valence-corrected chi connectivity index (χ1v) is 10.0. The summed E-state index contributed by atoms with van der Waals surface area (Å²) in [5.74, 6) is -0.0556. The molecule has 3 aromatic rings. The maximum absolute atomic E-state index is 13.1. The van der Waals surface area contributed by atoms with Gasteiger partial charge in [0.15, 0.2) is 5.65 Å². The number of pyridine rings is 1. The van der Waals surface area contributed by atoms with Gasteiger partial charge in [0, 0.05) is 18.7 Å². The predicted molar refractivity (Wildman–Crippen MR) is 126 cm³/mol. The van der Waals surface area contributed by atoms with E-state index in [0.29, 0.717) is 18.7 Å². The quantitative estimate of drug-likeness (QED) is 0.615. The summed E-state index contributed by atoms with van der Waals surface area (Å²) in [5, 5.41) is 11.8. The van der Waals surface area contributed by atoms with Crippen LogP contribution in [0.2, 0.25) is 0 Å². The smallest absolute Gasteiger partial charge is 0.252 e. The lowest BCUT2D eigenvalue weighted by Gasteiger charge is -2.34. The highest BCUT2D eigenvalue weighted by Gasteiger charge is 2.27. The van der Waals surface area contributed by atoms with Crippen molar-refractivity contribution in [2.75, 3.05) is 19.6 Å². The van der Waals surface area contributed by atoms with E-state index >= 15 is 0 Å². The second-order valence-electron chi connectivity index (χ2n) is 7.86. The van der Waals surface area contributed by atoms with E-state index in [9.17, 15) is 4.79 Å². The van der Waals surface area contributed by atoms with Gasteiger partial charge in [-0.15, -0.1) is 24.8 Å². The fraction of sp³-hybridized carbons (Fsp3) is 0.409. The largest absolute Gasteiger partial charge is 0.351 e. The van der Waals surface area contributed by atoms with E-state index < -0.39 is 0 Å². The maximum Gasteiger partial charge on any atom is 0.252 e. The number of nitrogens with one attached hydrogen (secondary N) is 2. The number of carbonyl (C=O) groups is 1. The number of nitrogens with zero attached hydrogens (tertiary/aromatic N) is 3. The standard InChI is InChI=1S/C22H27N5O.2ClH/c1-3-27-20-18(14-25-27)17(13-19(26-20)16-7-5-4-6-8-16)21(28)24-15-22(2)9-11-23-12-10-22;;/h4-8,13-14,23H,3,9-12,15H2,1-2H3,(H,24,28);2*1H. The van der Waals surface area contributed by atoms with Gasteiger partial charge in [-0.3, -0.25) is 4.79 Å². The number of aryl methyl sites for hydroxylation is 1. The summed E-state index contributed by atoms with van der Waals surface area (Å²) in [6, 6.07) is 11.9. The minimum absolute atomic E-state index is 0. The van der Waals surface area contributed by atoms with E-state index in [1.807, 2.05) is 48.0 Å². The molecule has 1 fully saturated rings. The van der Waals surface area contributed by atoms with Gasteiger partial charge in [0.1, 0.15) is 0 Å². The molecule has 1 aromatic carbocycles. The van der Waals surface area contributed by atoms with Crippen molar-refractivity contribution in [1.29, 1.82) is 0 Å². The first kappa shape index (κ1) is 24.1. The van der Waals surface area contributed by atoms with Crippen LogP contribution in [0, 0.1) is 5.41 Å². The molecule has 1 amide bonds. The van der Waals surface area contributed by atoms with Crippen LogP contribution in [0.5, 0.6) is 0 Å². The Morgan fingerprint density at radius 3 is 2.57 bits per heavy atom. The predicted octanol–water partition coefficient (Wildman–Crippen LogP) is 4.08. The van der Waals surface area contributed by atoms with E-state index in [4.69, 9.17) is 4.98 Å². The minimum Gasteiger partial charge on any atom is -0.351 e. The van der Waals surface area contributed by atoms with Gasteiger partial charge >= 0.3 is 0 Å². The third-order valence-electron chi connectivity index (χ3n) is 5.71. The number of amides is 1. The van der Waals surface area contributed by atoms with Crippen molar-refractivity contribution in [3.8, 4) is 11.3 Å². The molecule has 0 aliphatic carbocycles. The summed E-state index contributed by atoms with van der Waals surface area (Å²) in [7, 11) is 0. The van der Waals surface area contributed by atoms with Crippen molar-refractivity contribution >= 4 is 41.8 Å². The number of carbonyl (C=O) groups excluding carboxylic acids is 1. The lowest BCUT2D eigenvalue weighted by molar-refractivity contribution is 0.0924. The summed E-state index contributed by atoms with van der Waals surface area (Å²) in [5.41, 5.74) is 3.32. The van der Waals surface area contributed by atoms with Crippen molar-refractivity contribution < 1.29 is 4.79 Å². The van der Waals surface area contributed by atoms with Gasteiger partial charge in [-0.25, -0.2) is 9.67 Å². The number of hydrogen-bond acceptors (Lipinski definition) is 4. The lowest BCUT2D eigenvalue weighted by Crippen LogP contribution is -2.42. The molecule has 8 heteroatoms. The third-order valence-corrected chi connectivity index (χ3v) is 5.71. The van der Waals surface area contributed by atoms with Gasteiger partial charge in [-0.2, -0.15) is 5.10 Å². The first-order valence-electron chi connectivity index (χ1n) is 10.0. The van der Waals surface area contributed by atoms with Gasteiger partial charge in [0.2, 0.25) is 0 Å². The molecule has 2 N–H and O–H groups in total. The Morgan fingerprint density at radius 1 is 1.20 bits per heavy atom. The van der Waals surface area contributed by atoms with E-state index in [1.54, 1.807) is 6.20 Å². The fourth-order valence-electron chi connectivity index (χ4n) is 3.82. The van der Waals surface area contributed by atoms with Crippen molar-refractivity contribution in [1.82, 2.24) is 25.4 Å². The Labute approximate surface area is 189 Å². The highest BCUT2D eigenvalue weighted by atomic mass is 35.5. The van der Waals surface area contributed by atoms with E-state index in [2.05, 4.69) is 22.7 Å². The molecule has 0 radical (unpaired) electrons. The second-order valence-corrected chi connectivity index (χ2v) is 7.86. The van der Waals surface area contributed by atoms with Crippen LogP contribution in [0.4, 0.5) is 0 Å². The van der Waals surface area contributed by atoms with Crippen LogP contribution in [-0.4, -0.2) is 40.3 Å². The molecule has 4 rings (SSSR count). The molecular weight excluding hydrogens is 421 g/mol. The van der Waals surface area contributed by atoms with Gasteiger partial charge < -0.3 is 10.6 Å². The Morgan fingerprint density at radius 2 is 1.90 bits per heavy atom. The second kappa shape index (κ2) is 10.2. The first-order chi connectivity index (χ1) is 13.6. The molecule has 1 aliphatic heterocycles. The third kappa shape index (κ3) is 4.94. The molecule has 0 atom stereocenters. The van der Waals surface area contributed by atoms with Gasteiger partial charge in [0.05, 0.1) is 22.8 Å². The van der Waals surface area contributed by atoms with Crippen LogP contribution < -0.4 is 10.6 Å². The van der Waals surface area contributed by atoms with Crippen LogP contribution >= 0.6 is 24.8 Å². The lowest BCUT2D eigenvalue weighted by atomic mass is 9.81. The van der Waals surface area contributed by atoms with Crippen LogP contribution in [0.25, 0.3) is 22.3 Å². The average molecular weight is 450 g/mol. The maximum atomic E-state index is 13.1. The normalized spacial score (nSPS) is 15.1. The zero-order chi connectivity index (χ0) is 19.6. The van der Waals surface area contributed by atoms with Crippen LogP contribution in [0.15, 0.2) is 42.6 Å². The molecule has 3 heterocycles. The molecule has 0 unspecified atom stereocenters. The number of piperidine rings is 1. The Balaban J connectivity index is 0.00000160. The highest BCUT2D eigenvalue weighted by Crippen LogP contribution is 2.28. The van der Waals surface area contributed by atoms with E-state index in [0.717, 1.165) is 48.2 Å². The van der Waals surface area contributed by atoms with E-state index in [1.165, 1.54) is 0 Å². The molecule has 2 aromatic heterocycles. The van der Waals surface area contributed by atoms with Gasteiger partial charge in [-0.1, -0.05) is 37.3 Å². The number of benzene rings is 1. The van der Waals surface area contributed by atoms with Crippen LogP contribution in [0.1, 0.15) is 37.0 Å². The average Bonchev–Trinajstić information content (AvgIpc) is 3.15. The number of aromatic nitrogens is 3. The number of hydrogen-bond donors (Lipinski definition) is 2. The summed E-state index contributed by atoms with van der Waals surface area (Å²) in [4.78, 5) is 17.9. The Bertz CT molecular complexity index is 984. The molecule has 30 heavy (non-hydrogen) atoms. The molecule has 1 aliphatic rings. The zero-order valence-electron chi connectivity index (χ0n) is 17.4. The Kier molecular flexibility index (Phi) is 8.24. The van der Waals surface area contributed by atoms with E-state index in [-0.39, 0.29) is 36.1 Å². The van der Waals surface area contributed by atoms with Gasteiger partial charge in [0.25, 0.3) is 5.91 Å². The molecule has 6 nitrogen and oxygen atoms in total. The molecule has 162 valence electrons. The summed E-state index contributed by atoms with van der Waals surface area (Å²) < 4.78 is 1.84. The summed E-state index contributed by atoms with van der Waals surface area (Å²) in [6.45, 7) is 7.68. The molecule has 0 spiro atoms. The fourth-order valence-corrected chi connectivity index (χ4v) is 3.82. The zero-order valence-corrected chi connectivity index (χ0v) is 19.0. The van der Waals surface area contributed by atoms with Crippen molar-refractivity contribution in [3.63, 3.8) is 0 Å². The molecule has 1 saturated heterocycles. The van der Waals surface area contributed by atoms with Crippen molar-refractivity contribution in [3.05, 3.63) is 48.2 Å².